The highest BCUT2D eigenvalue weighted by molar-refractivity contribution is 6.10. The number of hydrazone groups is 1. The molecule has 0 radical (unpaired) electrons. The second-order valence-corrected chi connectivity index (χ2v) is 9.13. The Morgan fingerprint density at radius 1 is 1.07 bits per heavy atom. The van der Waals surface area contributed by atoms with Gasteiger partial charge in [-0.15, -0.1) is 0 Å². The summed E-state index contributed by atoms with van der Waals surface area (Å²) in [6.07, 6.45) is 7.92. The first-order chi connectivity index (χ1) is 13.0. The van der Waals surface area contributed by atoms with Gasteiger partial charge in [-0.1, -0.05) is 49.3 Å². The Hall–Kier alpha value is -2.29. The number of rotatable bonds is 1. The average molecular weight is 360 g/mol. The van der Waals surface area contributed by atoms with Crippen LogP contribution in [0.25, 0.3) is 10.8 Å². The van der Waals surface area contributed by atoms with Crippen molar-refractivity contribution in [3.8, 4) is 0 Å². The van der Waals surface area contributed by atoms with E-state index in [1.165, 1.54) is 54.9 Å². The fourth-order valence-corrected chi connectivity index (χ4v) is 6.29. The van der Waals surface area contributed by atoms with Crippen LogP contribution < -0.4 is 11.6 Å². The van der Waals surface area contributed by atoms with E-state index < -0.39 is 0 Å². The minimum atomic E-state index is 0.142. The zero-order valence-corrected chi connectivity index (χ0v) is 16.4. The first kappa shape index (κ1) is 16.9. The van der Waals surface area contributed by atoms with E-state index in [0.29, 0.717) is 17.7 Å². The maximum Gasteiger partial charge on any atom is 0.150 e. The van der Waals surface area contributed by atoms with Crippen molar-refractivity contribution < 1.29 is 0 Å². The van der Waals surface area contributed by atoms with E-state index in [1.54, 1.807) is 16.7 Å². The summed E-state index contributed by atoms with van der Waals surface area (Å²) >= 11 is 0. The van der Waals surface area contributed by atoms with Crippen LogP contribution in [0.15, 0.2) is 46.6 Å². The van der Waals surface area contributed by atoms with Gasteiger partial charge in [-0.3, -0.25) is 0 Å². The molecule has 2 aromatic carbocycles. The summed E-state index contributed by atoms with van der Waals surface area (Å²) in [6.45, 7) is 4.86. The molecule has 3 nitrogen and oxygen atoms in total. The summed E-state index contributed by atoms with van der Waals surface area (Å²) in [6, 6.07) is 11.0. The third kappa shape index (κ3) is 2.24. The number of benzene rings is 2. The lowest BCUT2D eigenvalue weighted by Crippen LogP contribution is -2.30. The van der Waals surface area contributed by atoms with Gasteiger partial charge in [0.25, 0.3) is 0 Å². The van der Waals surface area contributed by atoms with Gasteiger partial charge in [-0.2, -0.15) is 5.10 Å². The van der Waals surface area contributed by atoms with Gasteiger partial charge in [0.15, 0.2) is 5.84 Å². The zero-order chi connectivity index (χ0) is 18.8. The molecule has 3 aliphatic rings. The predicted molar refractivity (Wildman–Crippen MR) is 113 cm³/mol. The molecule has 0 amide bonds. The SMILES string of the molecule is CC1(C)c2cc(C(N)=NN)c3ccccc3c2C2C3=C(CCCC3)CCC21. The molecule has 0 aromatic heterocycles. The normalized spacial score (nSPS) is 26.7. The van der Waals surface area contributed by atoms with Gasteiger partial charge in [0.1, 0.15) is 0 Å². The number of nitrogens with two attached hydrogens (primary N) is 2. The molecule has 0 heterocycles. The molecule has 27 heavy (non-hydrogen) atoms. The molecule has 0 fully saturated rings. The summed E-state index contributed by atoms with van der Waals surface area (Å²) in [7, 11) is 0. The first-order valence-electron chi connectivity index (χ1n) is 10.3. The highest BCUT2D eigenvalue weighted by Crippen LogP contribution is 2.61. The van der Waals surface area contributed by atoms with Crippen molar-refractivity contribution >= 4 is 16.6 Å². The average Bonchev–Trinajstić information content (AvgIpc) is 2.94. The van der Waals surface area contributed by atoms with Gasteiger partial charge in [-0.05, 0) is 77.8 Å². The first-order valence-corrected chi connectivity index (χ1v) is 10.3. The fourth-order valence-electron chi connectivity index (χ4n) is 6.29. The van der Waals surface area contributed by atoms with Crippen molar-refractivity contribution in [2.75, 3.05) is 0 Å². The van der Waals surface area contributed by atoms with Gasteiger partial charge in [0.05, 0.1) is 0 Å². The monoisotopic (exact) mass is 359 g/mol. The summed E-state index contributed by atoms with van der Waals surface area (Å²) in [5.41, 5.74) is 13.9. The number of hydrogen-bond donors (Lipinski definition) is 2. The van der Waals surface area contributed by atoms with E-state index in [4.69, 9.17) is 11.6 Å². The third-order valence-electron chi connectivity index (χ3n) is 7.60. The molecule has 3 aliphatic carbocycles. The minimum absolute atomic E-state index is 0.142. The molecule has 3 heteroatoms. The van der Waals surface area contributed by atoms with Crippen LogP contribution in [0.1, 0.15) is 75.0 Å². The van der Waals surface area contributed by atoms with Crippen LogP contribution in [0.2, 0.25) is 0 Å². The summed E-state index contributed by atoms with van der Waals surface area (Å²) in [5.74, 6) is 7.25. The molecular weight excluding hydrogens is 330 g/mol. The molecule has 140 valence electrons. The topological polar surface area (TPSA) is 64.4 Å². The third-order valence-corrected chi connectivity index (χ3v) is 7.60. The molecule has 0 saturated carbocycles. The Kier molecular flexibility index (Phi) is 3.65. The van der Waals surface area contributed by atoms with Crippen molar-refractivity contribution in [3.05, 3.63) is 58.2 Å². The molecule has 0 saturated heterocycles. The predicted octanol–water partition coefficient (Wildman–Crippen LogP) is 5.07. The van der Waals surface area contributed by atoms with Crippen molar-refractivity contribution in [1.82, 2.24) is 0 Å². The van der Waals surface area contributed by atoms with Crippen LogP contribution in [-0.4, -0.2) is 5.84 Å². The molecule has 0 aliphatic heterocycles. The van der Waals surface area contributed by atoms with Gasteiger partial charge >= 0.3 is 0 Å². The summed E-state index contributed by atoms with van der Waals surface area (Å²) < 4.78 is 0. The second kappa shape index (κ2) is 5.85. The molecular formula is C24H29N3. The lowest BCUT2D eigenvalue weighted by molar-refractivity contribution is 0.278. The van der Waals surface area contributed by atoms with E-state index >= 15 is 0 Å². The van der Waals surface area contributed by atoms with Gasteiger partial charge in [0.2, 0.25) is 0 Å². The number of fused-ring (bicyclic) bond motifs is 6. The Morgan fingerprint density at radius 3 is 2.59 bits per heavy atom. The quantitative estimate of drug-likeness (QED) is 0.245. The Labute approximate surface area is 161 Å². The molecule has 5 rings (SSSR count). The summed E-state index contributed by atoms with van der Waals surface area (Å²) in [5, 5.41) is 6.35. The van der Waals surface area contributed by atoms with Crippen molar-refractivity contribution in [3.63, 3.8) is 0 Å². The molecule has 2 aromatic rings. The van der Waals surface area contributed by atoms with Crippen LogP contribution in [0.3, 0.4) is 0 Å². The Balaban J connectivity index is 1.85. The molecule has 2 atom stereocenters. The van der Waals surface area contributed by atoms with Crippen molar-refractivity contribution in [2.45, 2.75) is 63.7 Å². The largest absolute Gasteiger partial charge is 0.382 e. The zero-order valence-electron chi connectivity index (χ0n) is 16.4. The van der Waals surface area contributed by atoms with Gasteiger partial charge in [-0.25, -0.2) is 0 Å². The maximum atomic E-state index is 6.21. The van der Waals surface area contributed by atoms with Crippen LogP contribution in [0, 0.1) is 5.92 Å². The second-order valence-electron chi connectivity index (χ2n) is 9.13. The molecule has 0 spiro atoms. The Bertz CT molecular complexity index is 996. The smallest absolute Gasteiger partial charge is 0.150 e. The van der Waals surface area contributed by atoms with E-state index in [-0.39, 0.29) is 5.41 Å². The lowest BCUT2D eigenvalue weighted by atomic mass is 9.65. The van der Waals surface area contributed by atoms with Crippen LogP contribution in [0.4, 0.5) is 0 Å². The highest BCUT2D eigenvalue weighted by Gasteiger charge is 2.50. The van der Waals surface area contributed by atoms with Crippen LogP contribution >= 0.6 is 0 Å². The molecule has 4 N–H and O–H groups in total. The maximum absolute atomic E-state index is 6.21. The number of amidine groups is 1. The lowest BCUT2D eigenvalue weighted by Gasteiger charge is -2.39. The van der Waals surface area contributed by atoms with Crippen molar-refractivity contribution in [1.29, 1.82) is 0 Å². The van der Waals surface area contributed by atoms with Crippen molar-refractivity contribution in [2.24, 2.45) is 22.6 Å². The minimum Gasteiger partial charge on any atom is -0.382 e. The van der Waals surface area contributed by atoms with Gasteiger partial charge in [0, 0.05) is 11.5 Å². The molecule has 0 bridgehead atoms. The van der Waals surface area contributed by atoms with Crippen LogP contribution in [0.5, 0.6) is 0 Å². The van der Waals surface area contributed by atoms with E-state index in [0.717, 1.165) is 5.56 Å². The highest BCUT2D eigenvalue weighted by atomic mass is 15.2. The number of hydrogen-bond acceptors (Lipinski definition) is 2. The van der Waals surface area contributed by atoms with E-state index in [9.17, 15) is 0 Å². The number of nitrogens with zero attached hydrogens (tertiary/aromatic N) is 1. The Morgan fingerprint density at radius 2 is 1.81 bits per heavy atom. The van der Waals surface area contributed by atoms with E-state index in [1.807, 2.05) is 0 Å². The van der Waals surface area contributed by atoms with Gasteiger partial charge < -0.3 is 11.6 Å². The van der Waals surface area contributed by atoms with Crippen LogP contribution in [-0.2, 0) is 5.41 Å². The summed E-state index contributed by atoms with van der Waals surface area (Å²) in [4.78, 5) is 0. The van der Waals surface area contributed by atoms with E-state index in [2.05, 4.69) is 49.3 Å². The standard InChI is InChI=1S/C24H29N3/c1-24(2)19-12-11-14-7-3-4-8-15(14)21(19)22-17-10-6-5-9-16(17)18(13-20(22)24)23(25)27-26/h5-6,9-10,13,19,21H,3-4,7-8,11-12,26H2,1-2H3,(H2,25,27). The fraction of sp³-hybridized carbons (Fsp3) is 0.458. The number of allylic oxidation sites excluding steroid dienone is 2. The molecule has 2 unspecified atom stereocenters.